The summed E-state index contributed by atoms with van der Waals surface area (Å²) >= 11 is 0. The number of hydrogen-bond acceptors (Lipinski definition) is 2. The monoisotopic (exact) mass is 378 g/mol. The van der Waals surface area contributed by atoms with Crippen molar-refractivity contribution < 1.29 is 9.18 Å². The molecule has 0 fully saturated rings. The number of benzene rings is 2. The number of hydrogen-bond donors (Lipinski definition) is 0. The quantitative estimate of drug-likeness (QED) is 0.668. The third-order valence-corrected chi connectivity index (χ3v) is 4.94. The lowest BCUT2D eigenvalue weighted by atomic mass is 10.1. The topological polar surface area (TPSA) is 42.3 Å². The van der Waals surface area contributed by atoms with E-state index in [4.69, 9.17) is 0 Å². The van der Waals surface area contributed by atoms with Gasteiger partial charge in [-0.15, -0.1) is 0 Å². The van der Waals surface area contributed by atoms with E-state index >= 15 is 0 Å². The van der Waals surface area contributed by atoms with Crippen LogP contribution >= 0.6 is 0 Å². The van der Waals surface area contributed by atoms with Gasteiger partial charge in [-0.2, -0.15) is 0 Å². The summed E-state index contributed by atoms with van der Waals surface area (Å²) in [6.45, 7) is 4.12. The Bertz CT molecular complexity index is 1060. The molecule has 1 atom stereocenters. The number of pyridine rings is 1. The summed E-state index contributed by atoms with van der Waals surface area (Å²) < 4.78 is 15.6. The van der Waals surface area contributed by atoms with E-state index in [2.05, 4.69) is 0 Å². The van der Waals surface area contributed by atoms with Crippen molar-refractivity contribution in [2.45, 2.75) is 26.4 Å². The zero-order valence-electron chi connectivity index (χ0n) is 16.2. The van der Waals surface area contributed by atoms with Gasteiger partial charge in [0.1, 0.15) is 11.4 Å². The van der Waals surface area contributed by atoms with Crippen LogP contribution in [0.1, 0.15) is 40.0 Å². The van der Waals surface area contributed by atoms with Gasteiger partial charge in [-0.3, -0.25) is 9.59 Å². The molecule has 5 heteroatoms. The number of halogens is 1. The van der Waals surface area contributed by atoms with Crippen molar-refractivity contribution in [3.05, 3.63) is 105 Å². The molecule has 0 bridgehead atoms. The minimum atomic E-state index is -0.501. The molecule has 0 N–H and O–H groups in total. The van der Waals surface area contributed by atoms with E-state index in [1.165, 1.54) is 21.6 Å². The number of carbonyl (C=O) groups excluding carboxylic acids is 1. The molecule has 2 aromatic carbocycles. The largest absolute Gasteiger partial charge is 0.335 e. The Hall–Kier alpha value is -3.21. The van der Waals surface area contributed by atoms with Crippen molar-refractivity contribution in [3.8, 4) is 0 Å². The number of nitrogens with zero attached hydrogens (tertiary/aromatic N) is 2. The number of amides is 1. The summed E-state index contributed by atoms with van der Waals surface area (Å²) in [5.41, 5.74) is 2.22. The Kier molecular flexibility index (Phi) is 5.73. The van der Waals surface area contributed by atoms with Crippen LogP contribution in [0.25, 0.3) is 0 Å². The molecule has 3 rings (SSSR count). The average molecular weight is 378 g/mol. The van der Waals surface area contributed by atoms with Crippen LogP contribution < -0.4 is 5.56 Å². The zero-order chi connectivity index (χ0) is 20.3. The Labute approximate surface area is 163 Å². The molecule has 1 amide bonds. The van der Waals surface area contributed by atoms with Gasteiger partial charge in [0.25, 0.3) is 11.5 Å². The van der Waals surface area contributed by atoms with Crippen LogP contribution in [0, 0.1) is 12.7 Å². The minimum Gasteiger partial charge on any atom is -0.335 e. The lowest BCUT2D eigenvalue weighted by Gasteiger charge is -2.25. The summed E-state index contributed by atoms with van der Waals surface area (Å²) in [7, 11) is 1.58. The highest BCUT2D eigenvalue weighted by Crippen LogP contribution is 2.22. The molecule has 0 aliphatic heterocycles. The van der Waals surface area contributed by atoms with Crippen molar-refractivity contribution in [1.82, 2.24) is 9.47 Å². The number of carbonyl (C=O) groups is 1. The molecule has 1 unspecified atom stereocenters. The molecule has 28 heavy (non-hydrogen) atoms. The summed E-state index contributed by atoms with van der Waals surface area (Å²) in [6.07, 6.45) is 1.67. The third kappa shape index (κ3) is 4.03. The molecule has 0 spiro atoms. The molecule has 1 heterocycles. The summed E-state index contributed by atoms with van der Waals surface area (Å²) in [4.78, 5) is 27.2. The van der Waals surface area contributed by atoms with Gasteiger partial charge >= 0.3 is 0 Å². The van der Waals surface area contributed by atoms with E-state index in [0.717, 1.165) is 11.1 Å². The predicted octanol–water partition coefficient (Wildman–Crippen LogP) is 4.18. The fourth-order valence-corrected chi connectivity index (χ4v) is 3.22. The fourth-order valence-electron chi connectivity index (χ4n) is 3.22. The molecule has 0 radical (unpaired) electrons. The molecule has 3 aromatic rings. The van der Waals surface area contributed by atoms with E-state index in [1.54, 1.807) is 44.4 Å². The first-order valence-corrected chi connectivity index (χ1v) is 9.15. The van der Waals surface area contributed by atoms with Crippen LogP contribution in [-0.4, -0.2) is 22.4 Å². The van der Waals surface area contributed by atoms with Gasteiger partial charge in [0.2, 0.25) is 0 Å². The molecule has 1 aromatic heterocycles. The van der Waals surface area contributed by atoms with E-state index in [0.29, 0.717) is 12.1 Å². The zero-order valence-corrected chi connectivity index (χ0v) is 16.2. The van der Waals surface area contributed by atoms with Crippen molar-refractivity contribution in [3.63, 3.8) is 0 Å². The molecule has 144 valence electrons. The van der Waals surface area contributed by atoms with E-state index in [1.807, 2.05) is 31.2 Å². The van der Waals surface area contributed by atoms with E-state index in [-0.39, 0.29) is 16.9 Å². The Morgan fingerprint density at radius 2 is 1.86 bits per heavy atom. The Morgan fingerprint density at radius 3 is 2.57 bits per heavy atom. The average Bonchev–Trinajstić information content (AvgIpc) is 2.68. The normalized spacial score (nSPS) is 11.9. The van der Waals surface area contributed by atoms with Gasteiger partial charge in [-0.25, -0.2) is 4.39 Å². The maximum atomic E-state index is 14.1. The highest BCUT2D eigenvalue weighted by atomic mass is 19.1. The van der Waals surface area contributed by atoms with Crippen LogP contribution in [0.5, 0.6) is 0 Å². The Morgan fingerprint density at radius 1 is 1.11 bits per heavy atom. The first-order chi connectivity index (χ1) is 13.4. The van der Waals surface area contributed by atoms with Crippen LogP contribution in [0.4, 0.5) is 4.39 Å². The highest BCUT2D eigenvalue weighted by molar-refractivity contribution is 5.93. The molecule has 0 saturated heterocycles. The van der Waals surface area contributed by atoms with E-state index < -0.39 is 11.9 Å². The van der Waals surface area contributed by atoms with Gasteiger partial charge in [-0.1, -0.05) is 48.0 Å². The van der Waals surface area contributed by atoms with Gasteiger partial charge in [0.05, 0.1) is 12.6 Å². The first-order valence-electron chi connectivity index (χ1n) is 9.15. The van der Waals surface area contributed by atoms with Crippen LogP contribution in [0.2, 0.25) is 0 Å². The Balaban J connectivity index is 1.88. The van der Waals surface area contributed by atoms with Crippen molar-refractivity contribution in [1.29, 1.82) is 0 Å². The molecular weight excluding hydrogens is 355 g/mol. The molecule has 0 aliphatic carbocycles. The molecule has 0 saturated carbocycles. The summed E-state index contributed by atoms with van der Waals surface area (Å²) in [6, 6.07) is 16.9. The minimum absolute atomic E-state index is 0.0702. The summed E-state index contributed by atoms with van der Waals surface area (Å²) in [5, 5.41) is 0. The summed E-state index contributed by atoms with van der Waals surface area (Å²) in [5.74, 6) is -0.807. The standard InChI is InChI=1S/C23H23FN2O2/c1-16-8-6-9-18(14-16)15-26-13-7-11-20(23(26)28)22(27)25(3)17(2)19-10-4-5-12-21(19)24/h4-14,17H,15H2,1-3H3. The van der Waals surface area contributed by atoms with Crippen molar-refractivity contribution in [2.75, 3.05) is 7.05 Å². The lowest BCUT2D eigenvalue weighted by molar-refractivity contribution is 0.0738. The third-order valence-electron chi connectivity index (χ3n) is 4.94. The SMILES string of the molecule is Cc1cccc(Cn2cccc(C(=O)N(C)C(C)c3ccccc3F)c2=O)c1. The fraction of sp³-hybridized carbons (Fsp3) is 0.217. The molecular formula is C23H23FN2O2. The lowest BCUT2D eigenvalue weighted by Crippen LogP contribution is -2.36. The number of rotatable bonds is 5. The second-order valence-electron chi connectivity index (χ2n) is 6.96. The van der Waals surface area contributed by atoms with Crippen molar-refractivity contribution in [2.24, 2.45) is 0 Å². The maximum Gasteiger partial charge on any atom is 0.263 e. The number of aryl methyl sites for hydroxylation is 1. The van der Waals surface area contributed by atoms with Gasteiger partial charge in [0, 0.05) is 18.8 Å². The van der Waals surface area contributed by atoms with Gasteiger partial charge in [0.15, 0.2) is 0 Å². The van der Waals surface area contributed by atoms with E-state index in [9.17, 15) is 14.0 Å². The van der Waals surface area contributed by atoms with Crippen LogP contribution in [-0.2, 0) is 6.54 Å². The predicted molar refractivity (Wildman–Crippen MR) is 108 cm³/mol. The van der Waals surface area contributed by atoms with Crippen LogP contribution in [0.3, 0.4) is 0 Å². The van der Waals surface area contributed by atoms with Crippen molar-refractivity contribution >= 4 is 5.91 Å². The maximum absolute atomic E-state index is 14.1. The second-order valence-corrected chi connectivity index (χ2v) is 6.96. The second kappa shape index (κ2) is 8.21. The van der Waals surface area contributed by atoms with Crippen LogP contribution in [0.15, 0.2) is 71.7 Å². The molecule has 0 aliphatic rings. The highest BCUT2D eigenvalue weighted by Gasteiger charge is 2.23. The first kappa shape index (κ1) is 19.5. The van der Waals surface area contributed by atoms with Gasteiger partial charge in [-0.05, 0) is 37.6 Å². The van der Waals surface area contributed by atoms with Gasteiger partial charge < -0.3 is 9.47 Å². The molecule has 4 nitrogen and oxygen atoms in total. The smallest absolute Gasteiger partial charge is 0.263 e. The number of aromatic nitrogens is 1.